The molecule has 1 N–H and O–H groups in total. The SMILES string of the molecule is Cc1ccc2c(c1)N(CC(=O)Nc1nc(C)c(C(=O)OC(C)C)s1)C(=O)C(C)(C)O2. The smallest absolute Gasteiger partial charge is 0.350 e. The van der Waals surface area contributed by atoms with Crippen molar-refractivity contribution in [3.63, 3.8) is 0 Å². The first kappa shape index (κ1) is 21.8. The number of carbonyl (C=O) groups is 3. The number of carbonyl (C=O) groups excluding carboxylic acids is 3. The highest BCUT2D eigenvalue weighted by molar-refractivity contribution is 7.17. The van der Waals surface area contributed by atoms with Crippen LogP contribution in [0.4, 0.5) is 10.8 Å². The lowest BCUT2D eigenvalue weighted by Gasteiger charge is -2.38. The fourth-order valence-corrected chi connectivity index (χ4v) is 3.91. The van der Waals surface area contributed by atoms with Gasteiger partial charge in [-0.1, -0.05) is 17.4 Å². The number of esters is 1. The molecule has 0 radical (unpaired) electrons. The molecular formula is C21H25N3O5S. The van der Waals surface area contributed by atoms with Crippen molar-refractivity contribution < 1.29 is 23.9 Å². The molecule has 9 heteroatoms. The van der Waals surface area contributed by atoms with Crippen LogP contribution in [-0.2, 0) is 14.3 Å². The Hall–Kier alpha value is -2.94. The van der Waals surface area contributed by atoms with Gasteiger partial charge in [-0.05, 0) is 59.2 Å². The van der Waals surface area contributed by atoms with Crippen LogP contribution in [-0.4, -0.2) is 41.0 Å². The lowest BCUT2D eigenvalue weighted by Crippen LogP contribution is -2.54. The lowest BCUT2D eigenvalue weighted by atomic mass is 10.0. The summed E-state index contributed by atoms with van der Waals surface area (Å²) in [5.41, 5.74) is 0.879. The fraction of sp³-hybridized carbons (Fsp3) is 0.429. The predicted octanol–water partition coefficient (Wildman–Crippen LogP) is 3.47. The van der Waals surface area contributed by atoms with E-state index in [4.69, 9.17) is 9.47 Å². The second-order valence-corrected chi connectivity index (χ2v) is 8.91. The molecule has 0 spiro atoms. The number of rotatable bonds is 5. The number of ether oxygens (including phenoxy) is 2. The van der Waals surface area contributed by atoms with Crippen LogP contribution >= 0.6 is 11.3 Å². The van der Waals surface area contributed by atoms with E-state index in [-0.39, 0.29) is 23.7 Å². The Morgan fingerprint density at radius 2 is 2.00 bits per heavy atom. The van der Waals surface area contributed by atoms with Crippen LogP contribution < -0.4 is 15.0 Å². The van der Waals surface area contributed by atoms with Gasteiger partial charge in [0.1, 0.15) is 17.2 Å². The van der Waals surface area contributed by atoms with Gasteiger partial charge < -0.3 is 14.8 Å². The fourth-order valence-electron chi connectivity index (χ4n) is 3.04. The molecule has 2 aromatic rings. The van der Waals surface area contributed by atoms with Crippen molar-refractivity contribution >= 4 is 39.9 Å². The van der Waals surface area contributed by atoms with Crippen LogP contribution in [0.3, 0.4) is 0 Å². The zero-order valence-electron chi connectivity index (χ0n) is 17.9. The third-order valence-corrected chi connectivity index (χ3v) is 5.46. The van der Waals surface area contributed by atoms with Gasteiger partial charge in [0.15, 0.2) is 10.7 Å². The number of nitrogens with zero attached hydrogens (tertiary/aromatic N) is 2. The molecular weight excluding hydrogens is 406 g/mol. The second-order valence-electron chi connectivity index (χ2n) is 7.91. The van der Waals surface area contributed by atoms with E-state index in [1.165, 1.54) is 4.90 Å². The van der Waals surface area contributed by atoms with E-state index in [0.29, 0.717) is 22.0 Å². The lowest BCUT2D eigenvalue weighted by molar-refractivity contribution is -0.133. The van der Waals surface area contributed by atoms with E-state index < -0.39 is 17.5 Å². The zero-order chi connectivity index (χ0) is 22.2. The molecule has 1 aromatic heterocycles. The number of benzene rings is 1. The molecule has 1 aliphatic rings. The normalized spacial score (nSPS) is 14.9. The summed E-state index contributed by atoms with van der Waals surface area (Å²) in [5.74, 6) is -0.671. The number of anilines is 2. The van der Waals surface area contributed by atoms with Gasteiger partial charge >= 0.3 is 5.97 Å². The largest absolute Gasteiger partial charge is 0.476 e. The van der Waals surface area contributed by atoms with E-state index in [2.05, 4.69) is 10.3 Å². The number of aromatic nitrogens is 1. The molecule has 1 aliphatic heterocycles. The molecule has 0 saturated carbocycles. The molecule has 0 unspecified atom stereocenters. The van der Waals surface area contributed by atoms with Gasteiger partial charge in [-0.3, -0.25) is 14.5 Å². The summed E-state index contributed by atoms with van der Waals surface area (Å²) in [6.07, 6.45) is -0.253. The number of amides is 2. The second kappa shape index (κ2) is 8.06. The Morgan fingerprint density at radius 3 is 2.67 bits per heavy atom. The number of nitrogens with one attached hydrogen (secondary N) is 1. The van der Waals surface area contributed by atoms with E-state index in [1.54, 1.807) is 40.7 Å². The van der Waals surface area contributed by atoms with Crippen molar-refractivity contribution in [1.82, 2.24) is 4.98 Å². The molecule has 3 rings (SSSR count). The first-order valence-electron chi connectivity index (χ1n) is 9.58. The summed E-state index contributed by atoms with van der Waals surface area (Å²) in [7, 11) is 0. The van der Waals surface area contributed by atoms with Crippen molar-refractivity contribution in [3.8, 4) is 5.75 Å². The molecule has 0 aliphatic carbocycles. The first-order chi connectivity index (χ1) is 14.0. The predicted molar refractivity (Wildman–Crippen MR) is 114 cm³/mol. The number of aryl methyl sites for hydroxylation is 2. The van der Waals surface area contributed by atoms with Crippen molar-refractivity contribution in [3.05, 3.63) is 34.3 Å². The van der Waals surface area contributed by atoms with Crippen LogP contribution in [0.1, 0.15) is 48.6 Å². The molecule has 0 atom stereocenters. The van der Waals surface area contributed by atoms with Gasteiger partial charge in [0.2, 0.25) is 5.91 Å². The third-order valence-electron chi connectivity index (χ3n) is 4.40. The van der Waals surface area contributed by atoms with Crippen LogP contribution in [0, 0.1) is 13.8 Å². The summed E-state index contributed by atoms with van der Waals surface area (Å²) in [4.78, 5) is 43.7. The summed E-state index contributed by atoms with van der Waals surface area (Å²) in [6.45, 7) is 10.2. The van der Waals surface area contributed by atoms with Gasteiger partial charge in [-0.2, -0.15) is 0 Å². The molecule has 30 heavy (non-hydrogen) atoms. The van der Waals surface area contributed by atoms with Crippen LogP contribution in [0.2, 0.25) is 0 Å². The van der Waals surface area contributed by atoms with Crippen molar-refractivity contribution in [2.45, 2.75) is 53.2 Å². The maximum absolute atomic E-state index is 12.9. The Kier molecular flexibility index (Phi) is 5.85. The highest BCUT2D eigenvalue weighted by Gasteiger charge is 2.41. The Labute approximate surface area is 179 Å². The van der Waals surface area contributed by atoms with Crippen molar-refractivity contribution in [1.29, 1.82) is 0 Å². The zero-order valence-corrected chi connectivity index (χ0v) is 18.7. The van der Waals surface area contributed by atoms with E-state index in [1.807, 2.05) is 19.1 Å². The van der Waals surface area contributed by atoms with Crippen LogP contribution in [0.5, 0.6) is 5.75 Å². The molecule has 1 aromatic carbocycles. The van der Waals surface area contributed by atoms with Crippen molar-refractivity contribution in [2.75, 3.05) is 16.8 Å². The molecule has 0 fully saturated rings. The van der Waals surface area contributed by atoms with Gasteiger partial charge in [-0.25, -0.2) is 9.78 Å². The van der Waals surface area contributed by atoms with Gasteiger partial charge in [-0.15, -0.1) is 0 Å². The highest BCUT2D eigenvalue weighted by atomic mass is 32.1. The number of hydrogen-bond donors (Lipinski definition) is 1. The molecule has 2 amide bonds. The first-order valence-corrected chi connectivity index (χ1v) is 10.4. The molecule has 2 heterocycles. The van der Waals surface area contributed by atoms with E-state index >= 15 is 0 Å². The number of hydrogen-bond acceptors (Lipinski definition) is 7. The molecule has 8 nitrogen and oxygen atoms in total. The van der Waals surface area contributed by atoms with Crippen LogP contribution in [0.15, 0.2) is 18.2 Å². The Morgan fingerprint density at radius 1 is 1.30 bits per heavy atom. The highest BCUT2D eigenvalue weighted by Crippen LogP contribution is 2.38. The summed E-state index contributed by atoms with van der Waals surface area (Å²) >= 11 is 1.04. The minimum atomic E-state index is -1.09. The minimum Gasteiger partial charge on any atom is -0.476 e. The van der Waals surface area contributed by atoms with Gasteiger partial charge in [0.05, 0.1) is 17.5 Å². The minimum absolute atomic E-state index is 0.202. The summed E-state index contributed by atoms with van der Waals surface area (Å²) < 4.78 is 11.0. The van der Waals surface area contributed by atoms with Gasteiger partial charge in [0, 0.05) is 0 Å². The maximum Gasteiger partial charge on any atom is 0.350 e. The standard InChI is InChI=1S/C21H25N3O5S/c1-11(2)28-18(26)17-13(4)22-20(30-17)23-16(25)10-24-14-9-12(3)7-8-15(14)29-21(5,6)19(24)27/h7-9,11H,10H2,1-6H3,(H,22,23,25). The maximum atomic E-state index is 12.9. The Bertz CT molecular complexity index is 1010. The number of fused-ring (bicyclic) bond motifs is 1. The summed E-state index contributed by atoms with van der Waals surface area (Å²) in [5, 5.41) is 2.95. The topological polar surface area (TPSA) is 97.8 Å². The monoisotopic (exact) mass is 431 g/mol. The molecule has 160 valence electrons. The quantitative estimate of drug-likeness (QED) is 0.728. The third kappa shape index (κ3) is 4.46. The average Bonchev–Trinajstić information content (AvgIpc) is 2.99. The summed E-state index contributed by atoms with van der Waals surface area (Å²) in [6, 6.07) is 5.49. The molecule has 0 saturated heterocycles. The van der Waals surface area contributed by atoms with E-state index in [0.717, 1.165) is 16.9 Å². The average molecular weight is 432 g/mol. The van der Waals surface area contributed by atoms with Crippen LogP contribution in [0.25, 0.3) is 0 Å². The van der Waals surface area contributed by atoms with Crippen molar-refractivity contribution in [2.24, 2.45) is 0 Å². The van der Waals surface area contributed by atoms with Gasteiger partial charge in [0.25, 0.3) is 5.91 Å². The van der Waals surface area contributed by atoms with E-state index in [9.17, 15) is 14.4 Å². The Balaban J connectivity index is 1.79. The molecule has 0 bridgehead atoms. The number of thiazole rings is 1.